The van der Waals surface area contributed by atoms with Crippen LogP contribution in [0.2, 0.25) is 0 Å². The maximum atomic E-state index is 12.5. The third-order valence-corrected chi connectivity index (χ3v) is 5.57. The molecule has 30 heavy (non-hydrogen) atoms. The van der Waals surface area contributed by atoms with Gasteiger partial charge in [0.25, 0.3) is 5.91 Å². The third kappa shape index (κ3) is 4.36. The molecule has 4 aromatic rings. The molecule has 0 aliphatic rings. The molecule has 1 aromatic carbocycles. The van der Waals surface area contributed by atoms with E-state index in [1.165, 1.54) is 11.8 Å². The van der Waals surface area contributed by atoms with Gasteiger partial charge in [-0.15, -0.1) is 0 Å². The molecule has 0 unspecified atom stereocenters. The second kappa shape index (κ2) is 8.92. The van der Waals surface area contributed by atoms with E-state index >= 15 is 0 Å². The van der Waals surface area contributed by atoms with Crippen LogP contribution >= 0.6 is 23.5 Å². The standard InChI is InChI=1S/C19H22N8OS2/c1-11(2)9-21-16-13-10-22-27(17(13)24-19(23-16)29-3)7-6-20-18(28)12-4-5-14-15(8-12)26-30-25-14/h4-5,8,10-11H,6-7,9H2,1-3H3,(H,20,28)(H,21,23,24). The van der Waals surface area contributed by atoms with Gasteiger partial charge in [-0.2, -0.15) is 13.8 Å². The fourth-order valence-electron chi connectivity index (χ4n) is 2.93. The Labute approximate surface area is 182 Å². The lowest BCUT2D eigenvalue weighted by Crippen LogP contribution is -2.27. The first-order valence-corrected chi connectivity index (χ1v) is 11.5. The summed E-state index contributed by atoms with van der Waals surface area (Å²) in [6.45, 7) is 6.05. The fourth-order valence-corrected chi connectivity index (χ4v) is 3.80. The van der Waals surface area contributed by atoms with Gasteiger partial charge in [-0.1, -0.05) is 25.6 Å². The molecule has 3 aromatic heterocycles. The van der Waals surface area contributed by atoms with Crippen molar-refractivity contribution >= 4 is 57.3 Å². The molecule has 0 atom stereocenters. The van der Waals surface area contributed by atoms with Crippen LogP contribution in [-0.4, -0.2) is 53.7 Å². The second-order valence-corrected chi connectivity index (χ2v) is 8.46. The van der Waals surface area contributed by atoms with Crippen LogP contribution < -0.4 is 10.6 Å². The molecule has 156 valence electrons. The SMILES string of the molecule is CSc1nc(NCC(C)C)c2cnn(CCNC(=O)c3ccc4nsnc4c3)c2n1. The number of hydrogen-bond acceptors (Lipinski definition) is 9. The first-order valence-electron chi connectivity index (χ1n) is 9.57. The second-order valence-electron chi connectivity index (χ2n) is 7.16. The molecule has 0 bridgehead atoms. The molecule has 1 amide bonds. The molecule has 0 saturated heterocycles. The van der Waals surface area contributed by atoms with Crippen molar-refractivity contribution < 1.29 is 4.79 Å². The number of fused-ring (bicyclic) bond motifs is 2. The topological polar surface area (TPSA) is 111 Å². The third-order valence-electron chi connectivity index (χ3n) is 4.46. The number of nitrogens with one attached hydrogen (secondary N) is 2. The Morgan fingerprint density at radius 3 is 2.87 bits per heavy atom. The van der Waals surface area contributed by atoms with E-state index in [4.69, 9.17) is 0 Å². The monoisotopic (exact) mass is 442 g/mol. The summed E-state index contributed by atoms with van der Waals surface area (Å²) < 4.78 is 10.1. The van der Waals surface area contributed by atoms with E-state index in [1.807, 2.05) is 6.26 Å². The molecule has 0 saturated carbocycles. The van der Waals surface area contributed by atoms with Gasteiger partial charge in [0.15, 0.2) is 10.8 Å². The first-order chi connectivity index (χ1) is 14.5. The van der Waals surface area contributed by atoms with Gasteiger partial charge in [0.1, 0.15) is 16.9 Å². The fraction of sp³-hybridized carbons (Fsp3) is 0.368. The predicted molar refractivity (Wildman–Crippen MR) is 120 cm³/mol. The molecule has 0 aliphatic heterocycles. The highest BCUT2D eigenvalue weighted by Gasteiger charge is 2.14. The van der Waals surface area contributed by atoms with Gasteiger partial charge in [-0.05, 0) is 30.4 Å². The van der Waals surface area contributed by atoms with E-state index in [9.17, 15) is 4.79 Å². The molecular formula is C19H22N8OS2. The van der Waals surface area contributed by atoms with Gasteiger partial charge < -0.3 is 10.6 Å². The van der Waals surface area contributed by atoms with Crippen LogP contribution in [0.4, 0.5) is 5.82 Å². The Balaban J connectivity index is 1.46. The number of carbonyl (C=O) groups excluding carboxylic acids is 1. The highest BCUT2D eigenvalue weighted by atomic mass is 32.2. The summed E-state index contributed by atoms with van der Waals surface area (Å²) in [6, 6.07) is 5.32. The van der Waals surface area contributed by atoms with Crippen molar-refractivity contribution in [1.82, 2.24) is 33.8 Å². The lowest BCUT2D eigenvalue weighted by Gasteiger charge is -2.11. The van der Waals surface area contributed by atoms with Crippen LogP contribution in [0.5, 0.6) is 0 Å². The Kier molecular flexibility index (Phi) is 6.09. The van der Waals surface area contributed by atoms with E-state index < -0.39 is 0 Å². The highest BCUT2D eigenvalue weighted by molar-refractivity contribution is 7.98. The van der Waals surface area contributed by atoms with Crippen molar-refractivity contribution in [3.8, 4) is 0 Å². The lowest BCUT2D eigenvalue weighted by atomic mass is 10.2. The van der Waals surface area contributed by atoms with E-state index in [-0.39, 0.29) is 5.91 Å². The molecule has 2 N–H and O–H groups in total. The number of amides is 1. The number of nitrogens with zero attached hydrogens (tertiary/aromatic N) is 6. The minimum atomic E-state index is -0.153. The average molecular weight is 443 g/mol. The van der Waals surface area contributed by atoms with Crippen molar-refractivity contribution in [2.75, 3.05) is 24.7 Å². The zero-order chi connectivity index (χ0) is 21.1. The molecule has 0 spiro atoms. The molecule has 0 fully saturated rings. The number of anilines is 1. The summed E-state index contributed by atoms with van der Waals surface area (Å²) in [4.78, 5) is 21.7. The molecule has 4 rings (SSSR count). The van der Waals surface area contributed by atoms with Gasteiger partial charge in [0.05, 0.1) is 29.9 Å². The summed E-state index contributed by atoms with van der Waals surface area (Å²) in [5.74, 6) is 1.14. The first kappa shape index (κ1) is 20.5. The number of rotatable bonds is 8. The Hall–Kier alpha value is -2.79. The van der Waals surface area contributed by atoms with E-state index in [2.05, 4.69) is 48.3 Å². The molecule has 9 nitrogen and oxygen atoms in total. The highest BCUT2D eigenvalue weighted by Crippen LogP contribution is 2.23. The number of carbonyl (C=O) groups is 1. The quantitative estimate of drug-likeness (QED) is 0.316. The van der Waals surface area contributed by atoms with Crippen molar-refractivity contribution in [3.05, 3.63) is 30.0 Å². The zero-order valence-corrected chi connectivity index (χ0v) is 18.5. The van der Waals surface area contributed by atoms with Crippen LogP contribution in [0.3, 0.4) is 0 Å². The maximum Gasteiger partial charge on any atom is 0.251 e. The van der Waals surface area contributed by atoms with Crippen molar-refractivity contribution in [2.24, 2.45) is 5.92 Å². The van der Waals surface area contributed by atoms with Crippen LogP contribution in [-0.2, 0) is 6.54 Å². The molecule has 11 heteroatoms. The smallest absolute Gasteiger partial charge is 0.251 e. The summed E-state index contributed by atoms with van der Waals surface area (Å²) >= 11 is 2.63. The van der Waals surface area contributed by atoms with Crippen molar-refractivity contribution in [1.29, 1.82) is 0 Å². The largest absolute Gasteiger partial charge is 0.369 e. The molecular weight excluding hydrogens is 420 g/mol. The average Bonchev–Trinajstić information content (AvgIpc) is 3.38. The van der Waals surface area contributed by atoms with Crippen LogP contribution in [0.1, 0.15) is 24.2 Å². The zero-order valence-electron chi connectivity index (χ0n) is 16.9. The van der Waals surface area contributed by atoms with Crippen LogP contribution in [0, 0.1) is 5.92 Å². The number of benzene rings is 1. The van der Waals surface area contributed by atoms with Crippen LogP contribution in [0.25, 0.3) is 22.1 Å². The predicted octanol–water partition coefficient (Wildman–Crippen LogP) is 3.05. The summed E-state index contributed by atoms with van der Waals surface area (Å²) in [7, 11) is 0. The lowest BCUT2D eigenvalue weighted by molar-refractivity contribution is 0.0952. The van der Waals surface area contributed by atoms with Gasteiger partial charge in [0, 0.05) is 18.7 Å². The van der Waals surface area contributed by atoms with Gasteiger partial charge in [-0.25, -0.2) is 14.6 Å². The molecule has 0 radical (unpaired) electrons. The van der Waals surface area contributed by atoms with Crippen LogP contribution in [0.15, 0.2) is 29.6 Å². The maximum absolute atomic E-state index is 12.5. The van der Waals surface area contributed by atoms with E-state index in [0.29, 0.717) is 29.7 Å². The van der Waals surface area contributed by atoms with Gasteiger partial charge in [0.2, 0.25) is 0 Å². The van der Waals surface area contributed by atoms with Crippen molar-refractivity contribution in [2.45, 2.75) is 25.5 Å². The number of aromatic nitrogens is 6. The number of hydrogen-bond donors (Lipinski definition) is 2. The Morgan fingerprint density at radius 2 is 2.07 bits per heavy atom. The van der Waals surface area contributed by atoms with Gasteiger partial charge in [-0.3, -0.25) is 4.79 Å². The Bertz CT molecular complexity index is 1190. The minimum Gasteiger partial charge on any atom is -0.369 e. The molecule has 0 aliphatic carbocycles. The summed E-state index contributed by atoms with van der Waals surface area (Å²) in [6.07, 6.45) is 3.72. The van der Waals surface area contributed by atoms with E-state index in [1.54, 1.807) is 29.1 Å². The number of thioether (sulfide) groups is 1. The molecule has 3 heterocycles. The minimum absolute atomic E-state index is 0.153. The normalized spacial score (nSPS) is 11.5. The summed E-state index contributed by atoms with van der Waals surface area (Å²) in [5.41, 5.74) is 2.84. The van der Waals surface area contributed by atoms with Gasteiger partial charge >= 0.3 is 0 Å². The van der Waals surface area contributed by atoms with Crippen molar-refractivity contribution in [3.63, 3.8) is 0 Å². The van der Waals surface area contributed by atoms with E-state index in [0.717, 1.165) is 46.2 Å². The summed E-state index contributed by atoms with van der Waals surface area (Å²) in [5, 5.41) is 12.3. The Morgan fingerprint density at radius 1 is 1.23 bits per heavy atom.